The van der Waals surface area contributed by atoms with E-state index < -0.39 is 0 Å². The Labute approximate surface area is 202 Å². The number of nitriles is 1. The predicted molar refractivity (Wildman–Crippen MR) is 135 cm³/mol. The zero-order valence-corrected chi connectivity index (χ0v) is 20.6. The van der Waals surface area contributed by atoms with E-state index in [4.69, 9.17) is 0 Å². The van der Waals surface area contributed by atoms with Gasteiger partial charge in [0.05, 0.1) is 24.7 Å². The molecule has 3 rings (SSSR count). The van der Waals surface area contributed by atoms with Gasteiger partial charge in [0.2, 0.25) is 11.8 Å². The van der Waals surface area contributed by atoms with E-state index in [1.54, 1.807) is 21.9 Å². The molecule has 7 heteroatoms. The monoisotopic (exact) mass is 461 g/mol. The first kappa shape index (κ1) is 25.4. The molecule has 2 amide bonds. The molecule has 1 atom stereocenters. The number of anilines is 1. The van der Waals surface area contributed by atoms with E-state index in [0.29, 0.717) is 18.7 Å². The van der Waals surface area contributed by atoms with Gasteiger partial charge in [-0.3, -0.25) is 14.9 Å². The largest absolute Gasteiger partial charge is 0.341 e. The Morgan fingerprint density at radius 1 is 1.03 bits per heavy atom. The fraction of sp³-hybridized carbons (Fsp3) is 0.444. The summed E-state index contributed by atoms with van der Waals surface area (Å²) in [6, 6.07) is 14.1. The number of hydrogen-bond donors (Lipinski definition) is 2. The van der Waals surface area contributed by atoms with E-state index in [0.717, 1.165) is 30.6 Å². The average molecular weight is 462 g/mol. The number of nitrogens with one attached hydrogen (secondary N) is 2. The fourth-order valence-corrected chi connectivity index (χ4v) is 4.41. The van der Waals surface area contributed by atoms with Crippen LogP contribution in [-0.4, -0.2) is 62.5 Å². The third-order valence-electron chi connectivity index (χ3n) is 6.46. The number of carbonyl (C=O) groups is 2. The molecule has 0 saturated carbocycles. The molecule has 34 heavy (non-hydrogen) atoms. The van der Waals surface area contributed by atoms with Crippen molar-refractivity contribution in [3.05, 3.63) is 64.2 Å². The van der Waals surface area contributed by atoms with Crippen molar-refractivity contribution in [1.29, 1.82) is 5.26 Å². The maximum absolute atomic E-state index is 13.1. The van der Waals surface area contributed by atoms with Gasteiger partial charge in [-0.15, -0.1) is 0 Å². The fourth-order valence-electron chi connectivity index (χ4n) is 4.41. The van der Waals surface area contributed by atoms with Gasteiger partial charge < -0.3 is 15.1 Å². The Morgan fingerprint density at radius 2 is 1.76 bits per heavy atom. The SMILES string of the molecule is CCNCCN(C(=O)CNCC(=O)N(C)C1Cc2ccc(C)cc2C1)c1cc(C#N)ccc1C. The van der Waals surface area contributed by atoms with Gasteiger partial charge in [0, 0.05) is 31.9 Å². The van der Waals surface area contributed by atoms with Crippen molar-refractivity contribution >= 4 is 17.5 Å². The van der Waals surface area contributed by atoms with Crippen LogP contribution in [0.15, 0.2) is 36.4 Å². The van der Waals surface area contributed by atoms with Gasteiger partial charge >= 0.3 is 0 Å². The van der Waals surface area contributed by atoms with Crippen molar-refractivity contribution in [2.75, 3.05) is 44.7 Å². The first-order chi connectivity index (χ1) is 16.3. The predicted octanol–water partition coefficient (Wildman–Crippen LogP) is 2.33. The molecule has 1 aliphatic carbocycles. The highest BCUT2D eigenvalue weighted by atomic mass is 16.2. The van der Waals surface area contributed by atoms with Crippen LogP contribution < -0.4 is 15.5 Å². The second kappa shape index (κ2) is 11.8. The minimum absolute atomic E-state index is 0.0239. The number of amides is 2. The summed E-state index contributed by atoms with van der Waals surface area (Å²) in [4.78, 5) is 29.4. The first-order valence-electron chi connectivity index (χ1n) is 11.9. The quantitative estimate of drug-likeness (QED) is 0.530. The topological polar surface area (TPSA) is 88.5 Å². The summed E-state index contributed by atoms with van der Waals surface area (Å²) < 4.78 is 0. The van der Waals surface area contributed by atoms with Gasteiger partial charge in [0.25, 0.3) is 0 Å². The lowest BCUT2D eigenvalue weighted by Crippen LogP contribution is -2.46. The Hall–Kier alpha value is -3.21. The van der Waals surface area contributed by atoms with E-state index in [-0.39, 0.29) is 30.9 Å². The minimum Gasteiger partial charge on any atom is -0.341 e. The highest BCUT2D eigenvalue weighted by Gasteiger charge is 2.27. The van der Waals surface area contributed by atoms with Crippen molar-refractivity contribution < 1.29 is 9.59 Å². The molecule has 0 bridgehead atoms. The normalized spacial score (nSPS) is 14.4. The highest BCUT2D eigenvalue weighted by molar-refractivity contribution is 5.96. The molecule has 0 fully saturated rings. The molecule has 0 heterocycles. The number of likely N-dealkylation sites (N-methyl/N-ethyl adjacent to an activating group) is 2. The molecule has 2 aromatic rings. The van der Waals surface area contributed by atoms with Crippen molar-refractivity contribution in [3.63, 3.8) is 0 Å². The molecule has 180 valence electrons. The van der Waals surface area contributed by atoms with Gasteiger partial charge in [-0.1, -0.05) is 36.8 Å². The van der Waals surface area contributed by atoms with Crippen LogP contribution in [-0.2, 0) is 22.4 Å². The van der Waals surface area contributed by atoms with Gasteiger partial charge in [-0.05, 0) is 62.1 Å². The minimum atomic E-state index is -0.129. The van der Waals surface area contributed by atoms with Crippen molar-refractivity contribution in [3.8, 4) is 6.07 Å². The van der Waals surface area contributed by atoms with Crippen LogP contribution in [0.2, 0.25) is 0 Å². The van der Waals surface area contributed by atoms with E-state index in [2.05, 4.69) is 41.8 Å². The number of rotatable bonds is 10. The number of aryl methyl sites for hydroxylation is 2. The summed E-state index contributed by atoms with van der Waals surface area (Å²) in [7, 11) is 1.84. The maximum atomic E-state index is 13.1. The van der Waals surface area contributed by atoms with Crippen LogP contribution in [0.3, 0.4) is 0 Å². The van der Waals surface area contributed by atoms with Crippen LogP contribution in [0.4, 0.5) is 5.69 Å². The van der Waals surface area contributed by atoms with Gasteiger partial charge in [-0.2, -0.15) is 5.26 Å². The average Bonchev–Trinajstić information content (AvgIpc) is 3.25. The molecular formula is C27H35N5O2. The van der Waals surface area contributed by atoms with Crippen LogP contribution in [0.25, 0.3) is 0 Å². The summed E-state index contributed by atoms with van der Waals surface area (Å²) in [5.41, 5.74) is 6.04. The number of carbonyl (C=O) groups excluding carboxylic acids is 2. The lowest BCUT2D eigenvalue weighted by Gasteiger charge is -2.26. The van der Waals surface area contributed by atoms with Crippen LogP contribution in [0, 0.1) is 25.2 Å². The van der Waals surface area contributed by atoms with E-state index >= 15 is 0 Å². The van der Waals surface area contributed by atoms with Gasteiger partial charge in [0.15, 0.2) is 0 Å². The second-order valence-electron chi connectivity index (χ2n) is 8.95. The van der Waals surface area contributed by atoms with E-state index in [1.807, 2.05) is 27.0 Å². The Balaban J connectivity index is 1.58. The van der Waals surface area contributed by atoms with Gasteiger partial charge in [0.1, 0.15) is 0 Å². The molecule has 0 aliphatic heterocycles. The molecule has 2 N–H and O–H groups in total. The standard InChI is InChI=1S/C27H35N5O2/c1-5-29-10-11-32(25-13-21(16-28)8-7-20(25)3)27(34)18-30-17-26(33)31(4)24-14-22-9-6-19(2)12-23(22)15-24/h6-9,12-13,24,29-30H,5,10-11,14-15,17-18H2,1-4H3. The summed E-state index contributed by atoms with van der Waals surface area (Å²) in [6.07, 6.45) is 1.73. The summed E-state index contributed by atoms with van der Waals surface area (Å²) >= 11 is 0. The summed E-state index contributed by atoms with van der Waals surface area (Å²) in [5, 5.41) is 15.6. The van der Waals surface area contributed by atoms with Crippen LogP contribution in [0.1, 0.15) is 34.7 Å². The number of benzene rings is 2. The first-order valence-corrected chi connectivity index (χ1v) is 11.9. The van der Waals surface area contributed by atoms with Crippen LogP contribution >= 0.6 is 0 Å². The zero-order valence-electron chi connectivity index (χ0n) is 20.6. The Kier molecular flexibility index (Phi) is 8.80. The lowest BCUT2D eigenvalue weighted by molar-refractivity contribution is -0.130. The molecule has 0 saturated heterocycles. The number of fused-ring (bicyclic) bond motifs is 1. The maximum Gasteiger partial charge on any atom is 0.241 e. The molecule has 7 nitrogen and oxygen atoms in total. The summed E-state index contributed by atoms with van der Waals surface area (Å²) in [6.45, 7) is 8.11. The van der Waals surface area contributed by atoms with E-state index in [9.17, 15) is 14.9 Å². The number of hydrogen-bond acceptors (Lipinski definition) is 5. The van der Waals surface area contributed by atoms with Crippen molar-refractivity contribution in [2.24, 2.45) is 0 Å². The molecular weight excluding hydrogens is 426 g/mol. The molecule has 0 spiro atoms. The van der Waals surface area contributed by atoms with Gasteiger partial charge in [-0.25, -0.2) is 0 Å². The Morgan fingerprint density at radius 3 is 2.50 bits per heavy atom. The number of nitrogens with zero attached hydrogens (tertiary/aromatic N) is 3. The van der Waals surface area contributed by atoms with Crippen LogP contribution in [0.5, 0.6) is 0 Å². The second-order valence-corrected chi connectivity index (χ2v) is 8.95. The Bertz CT molecular complexity index is 1080. The molecule has 0 aromatic heterocycles. The summed E-state index contributed by atoms with van der Waals surface area (Å²) in [5.74, 6) is -0.153. The lowest BCUT2D eigenvalue weighted by atomic mass is 10.1. The third-order valence-corrected chi connectivity index (χ3v) is 6.46. The van der Waals surface area contributed by atoms with E-state index in [1.165, 1.54) is 16.7 Å². The van der Waals surface area contributed by atoms with Crippen molar-refractivity contribution in [2.45, 2.75) is 39.7 Å². The smallest absolute Gasteiger partial charge is 0.241 e. The molecule has 0 radical (unpaired) electrons. The zero-order chi connectivity index (χ0) is 24.7. The molecule has 1 aliphatic rings. The molecule has 2 aromatic carbocycles. The highest BCUT2D eigenvalue weighted by Crippen LogP contribution is 2.26. The third kappa shape index (κ3) is 6.22. The molecule has 1 unspecified atom stereocenters. The van der Waals surface area contributed by atoms with Crippen molar-refractivity contribution in [1.82, 2.24) is 15.5 Å².